The van der Waals surface area contributed by atoms with E-state index in [0.717, 1.165) is 34.6 Å². The standard InChI is InChI=1S/C14H21NO2S2/c1-11-9-12(2)14(13(3)10-11)19(16,17)15-5-4-7-18-8-6-15/h9-10H,4-8H2,1-3H3. The molecule has 0 radical (unpaired) electrons. The van der Waals surface area contributed by atoms with Gasteiger partial charge in [0.1, 0.15) is 0 Å². The van der Waals surface area contributed by atoms with Gasteiger partial charge in [-0.2, -0.15) is 16.1 Å². The number of rotatable bonds is 2. The van der Waals surface area contributed by atoms with E-state index in [0.29, 0.717) is 18.0 Å². The van der Waals surface area contributed by atoms with Gasteiger partial charge in [-0.3, -0.25) is 0 Å². The van der Waals surface area contributed by atoms with Gasteiger partial charge in [-0.15, -0.1) is 0 Å². The maximum absolute atomic E-state index is 12.8. The number of sulfonamides is 1. The van der Waals surface area contributed by atoms with Crippen LogP contribution in [0.2, 0.25) is 0 Å². The van der Waals surface area contributed by atoms with Gasteiger partial charge in [0.2, 0.25) is 10.0 Å². The molecule has 0 spiro atoms. The van der Waals surface area contributed by atoms with Crippen molar-refractivity contribution in [2.24, 2.45) is 0 Å². The molecule has 19 heavy (non-hydrogen) atoms. The molecule has 1 saturated heterocycles. The fourth-order valence-electron chi connectivity index (χ4n) is 2.67. The number of benzene rings is 1. The number of aryl methyl sites for hydroxylation is 3. The second-order valence-corrected chi connectivity index (χ2v) is 8.20. The van der Waals surface area contributed by atoms with Crippen molar-refractivity contribution in [2.75, 3.05) is 24.6 Å². The molecule has 0 N–H and O–H groups in total. The van der Waals surface area contributed by atoms with Gasteiger partial charge in [-0.25, -0.2) is 8.42 Å². The molecule has 1 aromatic rings. The van der Waals surface area contributed by atoms with Crippen molar-refractivity contribution >= 4 is 21.8 Å². The highest BCUT2D eigenvalue weighted by atomic mass is 32.2. The fraction of sp³-hybridized carbons (Fsp3) is 0.571. The first-order valence-corrected chi connectivity index (χ1v) is 9.18. The molecule has 0 aliphatic carbocycles. The van der Waals surface area contributed by atoms with E-state index in [1.165, 1.54) is 0 Å². The average molecular weight is 299 g/mol. The Hall–Kier alpha value is -0.520. The summed E-state index contributed by atoms with van der Waals surface area (Å²) in [4.78, 5) is 0.505. The van der Waals surface area contributed by atoms with E-state index in [1.54, 1.807) is 4.31 Å². The molecule has 1 aliphatic heterocycles. The molecule has 0 bridgehead atoms. The Balaban J connectivity index is 2.44. The van der Waals surface area contributed by atoms with E-state index in [4.69, 9.17) is 0 Å². The Morgan fingerprint density at radius 1 is 1.05 bits per heavy atom. The first-order valence-electron chi connectivity index (χ1n) is 6.58. The number of hydrogen-bond acceptors (Lipinski definition) is 3. The van der Waals surface area contributed by atoms with Crippen LogP contribution in [0.1, 0.15) is 23.1 Å². The van der Waals surface area contributed by atoms with E-state index in [-0.39, 0.29) is 0 Å². The molecule has 0 unspecified atom stereocenters. The summed E-state index contributed by atoms with van der Waals surface area (Å²) in [7, 11) is -3.34. The van der Waals surface area contributed by atoms with E-state index in [9.17, 15) is 8.42 Å². The van der Waals surface area contributed by atoms with Crippen LogP contribution in [-0.4, -0.2) is 37.3 Å². The number of nitrogens with zero attached hydrogens (tertiary/aromatic N) is 1. The molecule has 1 aromatic carbocycles. The lowest BCUT2D eigenvalue weighted by Crippen LogP contribution is -2.33. The first-order chi connectivity index (χ1) is 8.93. The molecular formula is C14H21NO2S2. The largest absolute Gasteiger partial charge is 0.243 e. The molecule has 1 heterocycles. The van der Waals surface area contributed by atoms with Crippen molar-refractivity contribution < 1.29 is 8.42 Å². The summed E-state index contributed by atoms with van der Waals surface area (Å²) in [5.41, 5.74) is 2.82. The highest BCUT2D eigenvalue weighted by molar-refractivity contribution is 7.99. The van der Waals surface area contributed by atoms with Gasteiger partial charge in [-0.1, -0.05) is 17.7 Å². The van der Waals surface area contributed by atoms with Crippen LogP contribution in [-0.2, 0) is 10.0 Å². The summed E-state index contributed by atoms with van der Waals surface area (Å²) in [6, 6.07) is 3.90. The van der Waals surface area contributed by atoms with Crippen LogP contribution in [0, 0.1) is 20.8 Å². The van der Waals surface area contributed by atoms with Gasteiger partial charge in [0, 0.05) is 18.8 Å². The normalized spacial score (nSPS) is 18.3. The van der Waals surface area contributed by atoms with Crippen LogP contribution >= 0.6 is 11.8 Å². The second kappa shape index (κ2) is 5.85. The third-order valence-corrected chi connectivity index (χ3v) is 6.64. The van der Waals surface area contributed by atoms with E-state index >= 15 is 0 Å². The monoisotopic (exact) mass is 299 g/mol. The Bertz CT molecular complexity index is 536. The van der Waals surface area contributed by atoms with Crippen molar-refractivity contribution in [1.29, 1.82) is 0 Å². The molecule has 3 nitrogen and oxygen atoms in total. The Morgan fingerprint density at radius 2 is 1.68 bits per heavy atom. The van der Waals surface area contributed by atoms with Gasteiger partial charge in [-0.05, 0) is 44.1 Å². The van der Waals surface area contributed by atoms with Crippen molar-refractivity contribution in [3.05, 3.63) is 28.8 Å². The SMILES string of the molecule is Cc1cc(C)c(S(=O)(=O)N2CCCSCC2)c(C)c1. The number of hydrogen-bond donors (Lipinski definition) is 0. The molecule has 1 fully saturated rings. The summed E-state index contributed by atoms with van der Waals surface area (Å²) in [5.74, 6) is 1.95. The summed E-state index contributed by atoms with van der Waals surface area (Å²) >= 11 is 1.84. The molecule has 5 heteroatoms. The van der Waals surface area contributed by atoms with E-state index in [2.05, 4.69) is 0 Å². The summed E-state index contributed by atoms with van der Waals surface area (Å²) in [6.07, 6.45) is 0.938. The third kappa shape index (κ3) is 3.15. The predicted octanol–water partition coefficient (Wildman–Crippen LogP) is 2.74. The van der Waals surface area contributed by atoms with Crippen LogP contribution in [0.4, 0.5) is 0 Å². The van der Waals surface area contributed by atoms with Gasteiger partial charge in [0.05, 0.1) is 4.90 Å². The van der Waals surface area contributed by atoms with Gasteiger partial charge >= 0.3 is 0 Å². The van der Waals surface area contributed by atoms with Crippen LogP contribution < -0.4 is 0 Å². The lowest BCUT2D eigenvalue weighted by Gasteiger charge is -2.22. The molecule has 0 amide bonds. The lowest BCUT2D eigenvalue weighted by atomic mass is 10.1. The summed E-state index contributed by atoms with van der Waals surface area (Å²) in [5, 5.41) is 0. The molecule has 0 atom stereocenters. The van der Waals surface area contributed by atoms with Crippen molar-refractivity contribution in [1.82, 2.24) is 4.31 Å². The zero-order valence-corrected chi connectivity index (χ0v) is 13.4. The molecule has 1 aliphatic rings. The van der Waals surface area contributed by atoms with E-state index < -0.39 is 10.0 Å². The van der Waals surface area contributed by atoms with Gasteiger partial charge in [0.25, 0.3) is 0 Å². The second-order valence-electron chi connectivity index (χ2n) is 5.10. The molecule has 0 saturated carbocycles. The van der Waals surface area contributed by atoms with Gasteiger partial charge < -0.3 is 0 Å². The lowest BCUT2D eigenvalue weighted by molar-refractivity contribution is 0.434. The molecule has 106 valence electrons. The number of thioether (sulfide) groups is 1. The quantitative estimate of drug-likeness (QED) is 0.842. The third-order valence-electron chi connectivity index (χ3n) is 3.38. The maximum atomic E-state index is 12.8. The Kier molecular flexibility index (Phi) is 4.58. The summed E-state index contributed by atoms with van der Waals surface area (Å²) < 4.78 is 27.3. The van der Waals surface area contributed by atoms with E-state index in [1.807, 2.05) is 44.7 Å². The van der Waals surface area contributed by atoms with Gasteiger partial charge in [0.15, 0.2) is 0 Å². The zero-order chi connectivity index (χ0) is 14.0. The Morgan fingerprint density at radius 3 is 2.32 bits per heavy atom. The molecule has 0 aromatic heterocycles. The van der Waals surface area contributed by atoms with Crippen molar-refractivity contribution in [2.45, 2.75) is 32.1 Å². The minimum Gasteiger partial charge on any atom is -0.207 e. The highest BCUT2D eigenvalue weighted by Gasteiger charge is 2.28. The predicted molar refractivity (Wildman–Crippen MR) is 81.4 cm³/mol. The first kappa shape index (κ1) is 14.9. The smallest absolute Gasteiger partial charge is 0.207 e. The summed E-state index contributed by atoms with van der Waals surface area (Å²) in [6.45, 7) is 7.04. The topological polar surface area (TPSA) is 37.4 Å². The van der Waals surface area contributed by atoms with Crippen LogP contribution in [0.15, 0.2) is 17.0 Å². The van der Waals surface area contributed by atoms with Crippen LogP contribution in [0.3, 0.4) is 0 Å². The van der Waals surface area contributed by atoms with Crippen LogP contribution in [0.25, 0.3) is 0 Å². The molecular weight excluding hydrogens is 278 g/mol. The minimum absolute atomic E-state index is 0.505. The maximum Gasteiger partial charge on any atom is 0.243 e. The Labute approximate surface area is 120 Å². The van der Waals surface area contributed by atoms with Crippen molar-refractivity contribution in [3.8, 4) is 0 Å². The minimum atomic E-state index is -3.34. The highest BCUT2D eigenvalue weighted by Crippen LogP contribution is 2.26. The fourth-order valence-corrected chi connectivity index (χ4v) is 5.56. The molecule has 2 rings (SSSR count). The van der Waals surface area contributed by atoms with Crippen LogP contribution in [0.5, 0.6) is 0 Å². The zero-order valence-electron chi connectivity index (χ0n) is 11.8. The average Bonchev–Trinajstić information content (AvgIpc) is 2.55. The van der Waals surface area contributed by atoms with Crippen molar-refractivity contribution in [3.63, 3.8) is 0 Å².